The molecule has 2 rings (SSSR count). The van der Waals surface area contributed by atoms with Crippen LogP contribution in [0.15, 0.2) is 47.4 Å². The van der Waals surface area contributed by atoms with Crippen LogP contribution < -0.4 is 10.4 Å². The second kappa shape index (κ2) is 4.37. The zero-order valence-corrected chi connectivity index (χ0v) is 8.82. The second-order valence-electron chi connectivity index (χ2n) is 3.03. The molecule has 0 aliphatic rings. The number of nitrogens with zero attached hydrogens (tertiary/aromatic N) is 1. The Hall–Kier alpha value is -1.81. The summed E-state index contributed by atoms with van der Waals surface area (Å²) >= 11 is 5.75. The molecule has 0 N–H and O–H groups in total. The van der Waals surface area contributed by atoms with Crippen LogP contribution in [0.2, 0.25) is 5.02 Å². The Labute approximate surface area is 95.6 Å². The third-order valence-electron chi connectivity index (χ3n) is 1.88. The van der Waals surface area contributed by atoms with E-state index in [-0.39, 0.29) is 16.3 Å². The Morgan fingerprint density at radius 1 is 1.25 bits per heavy atom. The molecule has 0 radical (unpaired) electrons. The van der Waals surface area contributed by atoms with Crippen molar-refractivity contribution in [2.24, 2.45) is 0 Å². The molecular formula is C11H7ClFNO2. The average Bonchev–Trinajstić information content (AvgIpc) is 2.25. The maximum atomic E-state index is 12.8. The molecule has 1 aromatic heterocycles. The van der Waals surface area contributed by atoms with Gasteiger partial charge in [0.15, 0.2) is 5.75 Å². The summed E-state index contributed by atoms with van der Waals surface area (Å²) < 4.78 is 13.8. The van der Waals surface area contributed by atoms with E-state index in [1.165, 1.54) is 24.4 Å². The van der Waals surface area contributed by atoms with Gasteiger partial charge >= 0.3 is 0 Å². The minimum Gasteiger partial charge on any atom is -0.371 e. The monoisotopic (exact) mass is 239 g/mol. The van der Waals surface area contributed by atoms with Crippen molar-refractivity contribution in [3.8, 4) is 5.75 Å². The van der Waals surface area contributed by atoms with E-state index in [9.17, 15) is 9.18 Å². The van der Waals surface area contributed by atoms with Gasteiger partial charge in [0.25, 0.3) is 5.56 Å². The summed E-state index contributed by atoms with van der Waals surface area (Å²) in [6.45, 7) is 0. The maximum absolute atomic E-state index is 12.8. The maximum Gasteiger partial charge on any atom is 0.283 e. The molecule has 0 bridgehead atoms. The third-order valence-corrected chi connectivity index (χ3v) is 2.17. The number of hydrogen-bond donors (Lipinski definition) is 0. The normalized spacial score (nSPS) is 10.1. The van der Waals surface area contributed by atoms with Crippen molar-refractivity contribution in [3.63, 3.8) is 0 Å². The molecule has 1 heterocycles. The second-order valence-corrected chi connectivity index (χ2v) is 3.44. The summed E-state index contributed by atoms with van der Waals surface area (Å²) in [7, 11) is 0. The lowest BCUT2D eigenvalue weighted by Crippen LogP contribution is -2.22. The fourth-order valence-corrected chi connectivity index (χ4v) is 1.35. The summed E-state index contributed by atoms with van der Waals surface area (Å²) in [5.41, 5.74) is -0.331. The molecule has 0 fully saturated rings. The number of halogens is 2. The highest BCUT2D eigenvalue weighted by molar-refractivity contribution is 6.32. The third kappa shape index (κ3) is 2.23. The van der Waals surface area contributed by atoms with Crippen molar-refractivity contribution >= 4 is 11.6 Å². The molecule has 0 atom stereocenters. The van der Waals surface area contributed by atoms with Crippen molar-refractivity contribution in [2.75, 3.05) is 0 Å². The van der Waals surface area contributed by atoms with Gasteiger partial charge in [-0.2, -0.15) is 0 Å². The molecule has 2 aromatic rings. The van der Waals surface area contributed by atoms with Gasteiger partial charge in [-0.05, 0) is 24.3 Å². The molecule has 0 saturated heterocycles. The van der Waals surface area contributed by atoms with E-state index < -0.39 is 5.82 Å². The number of hydrogen-bond acceptors (Lipinski definition) is 2. The molecule has 3 nitrogen and oxygen atoms in total. The SMILES string of the molecule is O=c1ccccn1Oc1ccc(F)cc1Cl. The van der Waals surface area contributed by atoms with Gasteiger partial charge in [-0.3, -0.25) is 4.79 Å². The summed E-state index contributed by atoms with van der Waals surface area (Å²) in [5, 5.41) is 0.107. The zero-order chi connectivity index (χ0) is 11.5. The van der Waals surface area contributed by atoms with Gasteiger partial charge in [0, 0.05) is 12.3 Å². The molecule has 0 aliphatic carbocycles. The first-order valence-electron chi connectivity index (χ1n) is 4.48. The van der Waals surface area contributed by atoms with Gasteiger partial charge in [0.2, 0.25) is 0 Å². The van der Waals surface area contributed by atoms with Gasteiger partial charge in [-0.25, -0.2) is 4.39 Å². The number of aromatic nitrogens is 1. The smallest absolute Gasteiger partial charge is 0.283 e. The van der Waals surface area contributed by atoms with E-state index in [1.807, 2.05) is 0 Å². The minimum atomic E-state index is -0.460. The lowest BCUT2D eigenvalue weighted by molar-refractivity contribution is 0.204. The van der Waals surface area contributed by atoms with E-state index in [0.29, 0.717) is 0 Å². The molecule has 0 amide bonds. The lowest BCUT2D eigenvalue weighted by Gasteiger charge is -2.08. The fraction of sp³-hybridized carbons (Fsp3) is 0. The minimum absolute atomic E-state index is 0.107. The summed E-state index contributed by atoms with van der Waals surface area (Å²) in [5.74, 6) is -0.242. The van der Waals surface area contributed by atoms with Gasteiger partial charge < -0.3 is 4.84 Å². The number of rotatable bonds is 2. The molecule has 82 valence electrons. The highest BCUT2D eigenvalue weighted by atomic mass is 35.5. The van der Waals surface area contributed by atoms with Crippen molar-refractivity contribution in [3.05, 3.63) is 63.8 Å². The van der Waals surface area contributed by atoms with E-state index in [2.05, 4.69) is 0 Å². The quantitative estimate of drug-likeness (QED) is 0.806. The predicted octanol–water partition coefficient (Wildman–Crippen LogP) is 2.48. The van der Waals surface area contributed by atoms with Crippen LogP contribution in [0.3, 0.4) is 0 Å². The highest BCUT2D eigenvalue weighted by Gasteiger charge is 2.04. The molecule has 0 saturated carbocycles. The van der Waals surface area contributed by atoms with Crippen LogP contribution in [-0.4, -0.2) is 4.73 Å². The average molecular weight is 240 g/mol. The van der Waals surface area contributed by atoms with Crippen molar-refractivity contribution < 1.29 is 9.23 Å². The van der Waals surface area contributed by atoms with Gasteiger partial charge in [-0.15, -0.1) is 4.73 Å². The van der Waals surface area contributed by atoms with E-state index >= 15 is 0 Å². The lowest BCUT2D eigenvalue weighted by atomic mass is 10.3. The van der Waals surface area contributed by atoms with E-state index in [4.69, 9.17) is 16.4 Å². The fourth-order valence-electron chi connectivity index (χ4n) is 1.14. The largest absolute Gasteiger partial charge is 0.371 e. The number of benzene rings is 1. The summed E-state index contributed by atoms with van der Waals surface area (Å²) in [6.07, 6.45) is 1.45. The van der Waals surface area contributed by atoms with Crippen LogP contribution in [0.4, 0.5) is 4.39 Å². The van der Waals surface area contributed by atoms with Gasteiger partial charge in [0.1, 0.15) is 5.82 Å². The Morgan fingerprint density at radius 3 is 2.75 bits per heavy atom. The first-order chi connectivity index (χ1) is 7.66. The Morgan fingerprint density at radius 2 is 2.06 bits per heavy atom. The topological polar surface area (TPSA) is 31.2 Å². The predicted molar refractivity (Wildman–Crippen MR) is 58.1 cm³/mol. The van der Waals surface area contributed by atoms with Crippen LogP contribution in [0.5, 0.6) is 5.75 Å². The summed E-state index contributed by atoms with van der Waals surface area (Å²) in [4.78, 5) is 16.5. The first-order valence-corrected chi connectivity index (χ1v) is 4.86. The van der Waals surface area contributed by atoms with Crippen LogP contribution >= 0.6 is 11.6 Å². The van der Waals surface area contributed by atoms with Gasteiger partial charge in [0.05, 0.1) is 5.02 Å². The van der Waals surface area contributed by atoms with Crippen molar-refractivity contribution in [1.29, 1.82) is 0 Å². The molecule has 0 spiro atoms. The standard InChI is InChI=1S/C11H7ClFNO2/c12-9-7-8(13)4-5-10(9)16-14-6-2-1-3-11(14)15/h1-7H. The van der Waals surface area contributed by atoms with Crippen molar-refractivity contribution in [1.82, 2.24) is 4.73 Å². The zero-order valence-electron chi connectivity index (χ0n) is 8.06. The van der Waals surface area contributed by atoms with E-state index in [1.54, 1.807) is 12.1 Å². The van der Waals surface area contributed by atoms with Crippen molar-refractivity contribution in [2.45, 2.75) is 0 Å². The Bertz CT molecular complexity index is 568. The first kappa shape index (κ1) is 10.7. The van der Waals surface area contributed by atoms with Crippen LogP contribution in [0, 0.1) is 5.82 Å². The Kier molecular flexibility index (Phi) is 2.92. The van der Waals surface area contributed by atoms with Crippen LogP contribution in [-0.2, 0) is 0 Å². The highest BCUT2D eigenvalue weighted by Crippen LogP contribution is 2.24. The molecular weight excluding hydrogens is 233 g/mol. The molecule has 5 heteroatoms. The molecule has 0 aliphatic heterocycles. The molecule has 16 heavy (non-hydrogen) atoms. The van der Waals surface area contributed by atoms with E-state index in [0.717, 1.165) is 10.8 Å². The molecule has 0 unspecified atom stereocenters. The Balaban J connectivity index is 2.35. The van der Waals surface area contributed by atoms with Crippen LogP contribution in [0.1, 0.15) is 0 Å². The number of pyridine rings is 1. The van der Waals surface area contributed by atoms with Gasteiger partial charge in [-0.1, -0.05) is 17.7 Å². The molecule has 1 aromatic carbocycles. The van der Waals surface area contributed by atoms with Crippen LogP contribution in [0.25, 0.3) is 0 Å². The summed E-state index contributed by atoms with van der Waals surface area (Å²) in [6, 6.07) is 8.25.